The predicted molar refractivity (Wildman–Crippen MR) is 89.6 cm³/mol. The van der Waals surface area contributed by atoms with E-state index in [4.69, 9.17) is 22.4 Å². The minimum atomic E-state index is -0.997. The molecule has 0 bridgehead atoms. The van der Waals surface area contributed by atoms with E-state index in [9.17, 15) is 4.79 Å². The van der Waals surface area contributed by atoms with Gasteiger partial charge in [0.2, 0.25) is 0 Å². The molecule has 23 heavy (non-hydrogen) atoms. The van der Waals surface area contributed by atoms with Gasteiger partial charge in [0.25, 0.3) is 0 Å². The number of halogens is 1. The Morgan fingerprint density at radius 1 is 1.30 bits per heavy atom. The van der Waals surface area contributed by atoms with Crippen LogP contribution < -0.4 is 5.73 Å². The highest BCUT2D eigenvalue weighted by Crippen LogP contribution is 2.23. The number of carboxylic acids is 1. The van der Waals surface area contributed by atoms with Crippen LogP contribution in [0.3, 0.4) is 0 Å². The standard InChI is InChI=1S/C17H16ClN3O2/c18-16-6-5-11(8-20-16)9-21-10-12(7-14(19)17(22)23)13-3-1-2-4-15(13)21/h1-6,8,10,14H,7,9,19H2,(H,22,23). The van der Waals surface area contributed by atoms with Gasteiger partial charge in [-0.2, -0.15) is 0 Å². The van der Waals surface area contributed by atoms with E-state index in [2.05, 4.69) is 9.55 Å². The van der Waals surface area contributed by atoms with Gasteiger partial charge in [-0.15, -0.1) is 0 Å². The van der Waals surface area contributed by atoms with Crippen molar-refractivity contribution in [1.29, 1.82) is 0 Å². The number of fused-ring (bicyclic) bond motifs is 1. The molecule has 1 atom stereocenters. The van der Waals surface area contributed by atoms with Crippen molar-refractivity contribution in [3.8, 4) is 0 Å². The van der Waals surface area contributed by atoms with Crippen LogP contribution >= 0.6 is 11.6 Å². The number of hydrogen-bond donors (Lipinski definition) is 2. The molecular weight excluding hydrogens is 314 g/mol. The first-order chi connectivity index (χ1) is 11.0. The molecule has 0 fully saturated rings. The summed E-state index contributed by atoms with van der Waals surface area (Å²) in [6.07, 6.45) is 3.99. The van der Waals surface area contributed by atoms with Crippen molar-refractivity contribution in [2.24, 2.45) is 5.73 Å². The minimum absolute atomic E-state index is 0.293. The summed E-state index contributed by atoms with van der Waals surface area (Å²) >= 11 is 5.81. The van der Waals surface area contributed by atoms with Gasteiger partial charge in [0.05, 0.1) is 0 Å². The molecule has 2 aromatic heterocycles. The van der Waals surface area contributed by atoms with E-state index < -0.39 is 12.0 Å². The van der Waals surface area contributed by atoms with E-state index in [1.54, 1.807) is 12.3 Å². The molecule has 118 valence electrons. The van der Waals surface area contributed by atoms with E-state index in [0.717, 1.165) is 22.0 Å². The summed E-state index contributed by atoms with van der Waals surface area (Å²) in [5.41, 5.74) is 8.67. The third kappa shape index (κ3) is 3.36. The first kappa shape index (κ1) is 15.5. The van der Waals surface area contributed by atoms with E-state index in [1.165, 1.54) is 0 Å². The second-order valence-electron chi connectivity index (χ2n) is 5.44. The molecule has 1 unspecified atom stereocenters. The van der Waals surface area contributed by atoms with Crippen LogP contribution in [0.5, 0.6) is 0 Å². The number of carbonyl (C=O) groups is 1. The third-order valence-corrected chi connectivity index (χ3v) is 3.99. The Morgan fingerprint density at radius 3 is 2.78 bits per heavy atom. The molecule has 0 saturated heterocycles. The van der Waals surface area contributed by atoms with Crippen LogP contribution in [0.15, 0.2) is 48.8 Å². The normalized spacial score (nSPS) is 12.4. The molecule has 0 radical (unpaired) electrons. The van der Waals surface area contributed by atoms with Crippen molar-refractivity contribution in [3.63, 3.8) is 0 Å². The topological polar surface area (TPSA) is 81.1 Å². The van der Waals surface area contributed by atoms with Crippen LogP contribution in [-0.2, 0) is 17.8 Å². The smallest absolute Gasteiger partial charge is 0.320 e. The molecule has 0 spiro atoms. The molecule has 0 amide bonds. The lowest BCUT2D eigenvalue weighted by Gasteiger charge is -2.05. The van der Waals surface area contributed by atoms with Crippen LogP contribution in [0.1, 0.15) is 11.1 Å². The van der Waals surface area contributed by atoms with Gasteiger partial charge in [-0.25, -0.2) is 4.98 Å². The molecule has 5 nitrogen and oxygen atoms in total. The highest BCUT2D eigenvalue weighted by molar-refractivity contribution is 6.29. The predicted octanol–water partition coefficient (Wildman–Crippen LogP) is 2.69. The van der Waals surface area contributed by atoms with Gasteiger partial charge >= 0.3 is 5.97 Å². The lowest BCUT2D eigenvalue weighted by Crippen LogP contribution is -2.32. The summed E-state index contributed by atoms with van der Waals surface area (Å²) in [5, 5.41) is 10.5. The average molecular weight is 330 g/mol. The Bertz CT molecular complexity index is 843. The third-order valence-electron chi connectivity index (χ3n) is 3.77. The molecule has 0 aliphatic heterocycles. The number of aliphatic carboxylic acids is 1. The second-order valence-corrected chi connectivity index (χ2v) is 5.82. The van der Waals surface area contributed by atoms with Crippen LogP contribution in [0.2, 0.25) is 5.15 Å². The van der Waals surface area contributed by atoms with Crippen LogP contribution in [0.4, 0.5) is 0 Å². The zero-order valence-corrected chi connectivity index (χ0v) is 13.1. The molecule has 1 aromatic carbocycles. The Morgan fingerprint density at radius 2 is 2.09 bits per heavy atom. The van der Waals surface area contributed by atoms with Crippen LogP contribution in [-0.4, -0.2) is 26.7 Å². The van der Waals surface area contributed by atoms with Crippen LogP contribution in [0, 0.1) is 0 Å². The maximum absolute atomic E-state index is 11.0. The van der Waals surface area contributed by atoms with E-state index in [-0.39, 0.29) is 0 Å². The number of para-hydroxylation sites is 1. The molecule has 6 heteroatoms. The van der Waals surface area contributed by atoms with Gasteiger partial charge < -0.3 is 15.4 Å². The summed E-state index contributed by atoms with van der Waals surface area (Å²) < 4.78 is 2.07. The summed E-state index contributed by atoms with van der Waals surface area (Å²) in [6.45, 7) is 0.632. The highest BCUT2D eigenvalue weighted by atomic mass is 35.5. The zero-order chi connectivity index (χ0) is 16.4. The fraction of sp³-hybridized carbons (Fsp3) is 0.176. The summed E-state index contributed by atoms with van der Waals surface area (Å²) in [4.78, 5) is 15.1. The molecule has 3 aromatic rings. The SMILES string of the molecule is NC(Cc1cn(Cc2ccc(Cl)nc2)c2ccccc12)C(=O)O. The Labute approximate surface area is 138 Å². The largest absolute Gasteiger partial charge is 0.480 e. The van der Waals surface area contributed by atoms with Crippen molar-refractivity contribution in [2.45, 2.75) is 19.0 Å². The number of nitrogens with two attached hydrogens (primary N) is 1. The number of benzene rings is 1. The zero-order valence-electron chi connectivity index (χ0n) is 12.3. The van der Waals surface area contributed by atoms with Gasteiger partial charge in [0.15, 0.2) is 0 Å². The van der Waals surface area contributed by atoms with Gasteiger partial charge in [-0.3, -0.25) is 4.79 Å². The monoisotopic (exact) mass is 329 g/mol. The Hall–Kier alpha value is -2.37. The average Bonchev–Trinajstić information content (AvgIpc) is 2.88. The molecule has 0 aliphatic carbocycles. The van der Waals surface area contributed by atoms with Crippen molar-refractivity contribution in [1.82, 2.24) is 9.55 Å². The summed E-state index contributed by atoms with van der Waals surface area (Å²) in [6, 6.07) is 10.7. The van der Waals surface area contributed by atoms with E-state index in [0.29, 0.717) is 18.1 Å². The van der Waals surface area contributed by atoms with Gasteiger partial charge in [0.1, 0.15) is 11.2 Å². The fourth-order valence-corrected chi connectivity index (χ4v) is 2.75. The quantitative estimate of drug-likeness (QED) is 0.705. The molecule has 3 N–H and O–H groups in total. The molecule has 0 saturated carbocycles. The molecule has 3 rings (SSSR count). The highest BCUT2D eigenvalue weighted by Gasteiger charge is 2.16. The number of pyridine rings is 1. The second kappa shape index (κ2) is 6.40. The Kier molecular flexibility index (Phi) is 4.32. The van der Waals surface area contributed by atoms with Gasteiger partial charge in [-0.05, 0) is 23.3 Å². The fourth-order valence-electron chi connectivity index (χ4n) is 2.64. The van der Waals surface area contributed by atoms with Gasteiger partial charge in [-0.1, -0.05) is 35.9 Å². The summed E-state index contributed by atoms with van der Waals surface area (Å²) in [7, 11) is 0. The van der Waals surface area contributed by atoms with Crippen LogP contribution in [0.25, 0.3) is 10.9 Å². The maximum Gasteiger partial charge on any atom is 0.320 e. The van der Waals surface area contributed by atoms with Crippen molar-refractivity contribution >= 4 is 28.5 Å². The van der Waals surface area contributed by atoms with Crippen molar-refractivity contribution in [3.05, 3.63) is 65.1 Å². The van der Waals surface area contributed by atoms with E-state index >= 15 is 0 Å². The lowest BCUT2D eigenvalue weighted by molar-refractivity contribution is -0.138. The number of nitrogens with zero attached hydrogens (tertiary/aromatic N) is 2. The number of hydrogen-bond acceptors (Lipinski definition) is 3. The maximum atomic E-state index is 11.0. The van der Waals surface area contributed by atoms with Gasteiger partial charge in [0, 0.05) is 36.3 Å². The first-order valence-corrected chi connectivity index (χ1v) is 7.58. The molecule has 2 heterocycles. The molecular formula is C17H16ClN3O2. The van der Waals surface area contributed by atoms with Crippen molar-refractivity contribution < 1.29 is 9.90 Å². The number of aromatic nitrogens is 2. The summed E-state index contributed by atoms with van der Waals surface area (Å²) in [5.74, 6) is -0.997. The first-order valence-electron chi connectivity index (χ1n) is 7.20. The number of carboxylic acid groups (broad SMARTS) is 1. The Balaban J connectivity index is 1.97. The lowest BCUT2D eigenvalue weighted by atomic mass is 10.1. The van der Waals surface area contributed by atoms with E-state index in [1.807, 2.05) is 36.5 Å². The minimum Gasteiger partial charge on any atom is -0.480 e. The molecule has 0 aliphatic rings. The van der Waals surface area contributed by atoms with Crippen molar-refractivity contribution in [2.75, 3.05) is 0 Å². The number of rotatable bonds is 5.